The first kappa shape index (κ1) is 17.8. The third-order valence-corrected chi connectivity index (χ3v) is 4.54. The van der Waals surface area contributed by atoms with E-state index in [0.29, 0.717) is 11.3 Å². The van der Waals surface area contributed by atoms with Crippen molar-refractivity contribution in [1.29, 1.82) is 0 Å². The van der Waals surface area contributed by atoms with Crippen molar-refractivity contribution in [3.8, 4) is 11.5 Å². The molecule has 0 heterocycles. The minimum Gasteiger partial charge on any atom is -0.497 e. The molecular formula is C22H23NO3. The number of nitrogens with one attached hydrogen (secondary N) is 1. The summed E-state index contributed by atoms with van der Waals surface area (Å²) < 4.78 is 10.6. The second-order valence-electron chi connectivity index (χ2n) is 6.11. The van der Waals surface area contributed by atoms with Gasteiger partial charge in [0.1, 0.15) is 11.5 Å². The number of carbonyl (C=O) groups is 1. The van der Waals surface area contributed by atoms with E-state index in [1.807, 2.05) is 67.6 Å². The zero-order valence-corrected chi connectivity index (χ0v) is 15.3. The number of hydrogen-bond acceptors (Lipinski definition) is 3. The summed E-state index contributed by atoms with van der Waals surface area (Å²) >= 11 is 0. The SMILES string of the molecule is CC[C@@H](NC(=O)c1cc2ccccc2cc1OC)c1ccc(OC)cc1. The van der Waals surface area contributed by atoms with Crippen molar-refractivity contribution in [3.05, 3.63) is 71.8 Å². The monoisotopic (exact) mass is 349 g/mol. The standard InChI is InChI=1S/C22H23NO3/c1-4-20(15-9-11-18(25-2)12-10-15)23-22(24)19-13-16-7-5-6-8-17(16)14-21(19)26-3/h5-14,20H,4H2,1-3H3,(H,23,24)/t20-/m1/s1. The Morgan fingerprint density at radius 3 is 2.19 bits per heavy atom. The Balaban J connectivity index is 1.88. The largest absolute Gasteiger partial charge is 0.497 e. The number of fused-ring (bicyclic) bond motifs is 1. The predicted octanol–water partition coefficient (Wildman–Crippen LogP) is 4.74. The molecule has 0 saturated heterocycles. The lowest BCUT2D eigenvalue weighted by Crippen LogP contribution is -2.28. The first-order valence-corrected chi connectivity index (χ1v) is 8.67. The molecular weight excluding hydrogens is 326 g/mol. The molecule has 134 valence electrons. The highest BCUT2D eigenvalue weighted by Gasteiger charge is 2.18. The molecule has 0 aliphatic carbocycles. The molecule has 0 fully saturated rings. The number of rotatable bonds is 6. The second kappa shape index (κ2) is 7.91. The molecule has 0 radical (unpaired) electrons. The lowest BCUT2D eigenvalue weighted by atomic mass is 10.0. The Labute approximate surface area is 153 Å². The molecule has 3 aromatic rings. The van der Waals surface area contributed by atoms with Gasteiger partial charge in [-0.2, -0.15) is 0 Å². The Morgan fingerprint density at radius 1 is 0.962 bits per heavy atom. The van der Waals surface area contributed by atoms with E-state index < -0.39 is 0 Å². The first-order valence-electron chi connectivity index (χ1n) is 8.67. The summed E-state index contributed by atoms with van der Waals surface area (Å²) in [5.74, 6) is 1.23. The smallest absolute Gasteiger partial charge is 0.255 e. The molecule has 0 bridgehead atoms. The summed E-state index contributed by atoms with van der Waals surface area (Å²) in [4.78, 5) is 12.9. The third kappa shape index (κ3) is 3.64. The van der Waals surface area contributed by atoms with Crippen LogP contribution in [0.3, 0.4) is 0 Å². The van der Waals surface area contributed by atoms with E-state index in [2.05, 4.69) is 5.32 Å². The van der Waals surface area contributed by atoms with E-state index >= 15 is 0 Å². The van der Waals surface area contributed by atoms with Crippen molar-refractivity contribution >= 4 is 16.7 Å². The van der Waals surface area contributed by atoms with Gasteiger partial charge in [0.05, 0.1) is 25.8 Å². The van der Waals surface area contributed by atoms with Gasteiger partial charge >= 0.3 is 0 Å². The van der Waals surface area contributed by atoms with Crippen LogP contribution in [0.5, 0.6) is 11.5 Å². The van der Waals surface area contributed by atoms with Gasteiger partial charge in [-0.05, 0) is 47.0 Å². The fourth-order valence-corrected chi connectivity index (χ4v) is 3.06. The molecule has 1 amide bonds. The molecule has 1 atom stereocenters. The zero-order valence-electron chi connectivity index (χ0n) is 15.3. The molecule has 3 aromatic carbocycles. The summed E-state index contributed by atoms with van der Waals surface area (Å²) in [6, 6.07) is 19.4. The van der Waals surface area contributed by atoms with Crippen LogP contribution in [0.25, 0.3) is 10.8 Å². The van der Waals surface area contributed by atoms with Gasteiger partial charge in [-0.3, -0.25) is 4.79 Å². The Morgan fingerprint density at radius 2 is 1.62 bits per heavy atom. The molecule has 26 heavy (non-hydrogen) atoms. The van der Waals surface area contributed by atoms with Crippen molar-refractivity contribution in [1.82, 2.24) is 5.32 Å². The Hall–Kier alpha value is -3.01. The number of amides is 1. The average Bonchev–Trinajstić information content (AvgIpc) is 2.70. The lowest BCUT2D eigenvalue weighted by Gasteiger charge is -2.19. The maximum absolute atomic E-state index is 12.9. The summed E-state index contributed by atoms with van der Waals surface area (Å²) in [5.41, 5.74) is 1.58. The van der Waals surface area contributed by atoms with Crippen LogP contribution < -0.4 is 14.8 Å². The van der Waals surface area contributed by atoms with E-state index in [9.17, 15) is 4.79 Å². The van der Waals surface area contributed by atoms with Gasteiger partial charge in [-0.1, -0.05) is 43.3 Å². The first-order chi connectivity index (χ1) is 12.7. The van der Waals surface area contributed by atoms with Gasteiger partial charge in [-0.15, -0.1) is 0 Å². The minimum atomic E-state index is -0.143. The average molecular weight is 349 g/mol. The van der Waals surface area contributed by atoms with Gasteiger partial charge in [0.15, 0.2) is 0 Å². The summed E-state index contributed by atoms with van der Waals surface area (Å²) in [5, 5.41) is 5.17. The number of methoxy groups -OCH3 is 2. The fourth-order valence-electron chi connectivity index (χ4n) is 3.06. The van der Waals surface area contributed by atoms with Crippen LogP contribution in [-0.2, 0) is 0 Å². The van der Waals surface area contributed by atoms with Crippen molar-refractivity contribution in [2.45, 2.75) is 19.4 Å². The maximum Gasteiger partial charge on any atom is 0.255 e. The van der Waals surface area contributed by atoms with E-state index in [1.165, 1.54) is 0 Å². The topological polar surface area (TPSA) is 47.6 Å². The van der Waals surface area contributed by atoms with Crippen molar-refractivity contribution < 1.29 is 14.3 Å². The zero-order chi connectivity index (χ0) is 18.5. The number of carbonyl (C=O) groups excluding carboxylic acids is 1. The third-order valence-electron chi connectivity index (χ3n) is 4.54. The van der Waals surface area contributed by atoms with Crippen LogP contribution in [0.15, 0.2) is 60.7 Å². The van der Waals surface area contributed by atoms with Crippen molar-refractivity contribution in [2.75, 3.05) is 14.2 Å². The minimum absolute atomic E-state index is 0.0791. The van der Waals surface area contributed by atoms with Crippen LogP contribution >= 0.6 is 0 Å². The molecule has 0 aromatic heterocycles. The predicted molar refractivity (Wildman–Crippen MR) is 104 cm³/mol. The molecule has 0 spiro atoms. The van der Waals surface area contributed by atoms with Gasteiger partial charge in [0.25, 0.3) is 5.91 Å². The van der Waals surface area contributed by atoms with Crippen LogP contribution in [0, 0.1) is 0 Å². The van der Waals surface area contributed by atoms with Crippen LogP contribution in [-0.4, -0.2) is 20.1 Å². The fraction of sp³-hybridized carbons (Fsp3) is 0.227. The Bertz CT molecular complexity index is 903. The van der Waals surface area contributed by atoms with E-state index in [0.717, 1.165) is 28.5 Å². The number of ether oxygens (including phenoxy) is 2. The summed E-state index contributed by atoms with van der Waals surface area (Å²) in [6.45, 7) is 2.05. The number of hydrogen-bond donors (Lipinski definition) is 1. The van der Waals surface area contributed by atoms with Crippen molar-refractivity contribution in [3.63, 3.8) is 0 Å². The Kier molecular flexibility index (Phi) is 5.42. The molecule has 0 unspecified atom stereocenters. The van der Waals surface area contributed by atoms with Gasteiger partial charge in [0, 0.05) is 0 Å². The molecule has 3 rings (SSSR count). The highest BCUT2D eigenvalue weighted by molar-refractivity contribution is 6.01. The summed E-state index contributed by atoms with van der Waals surface area (Å²) in [7, 11) is 3.22. The van der Waals surface area contributed by atoms with Gasteiger partial charge < -0.3 is 14.8 Å². The highest BCUT2D eigenvalue weighted by Crippen LogP contribution is 2.27. The van der Waals surface area contributed by atoms with E-state index in [1.54, 1.807) is 14.2 Å². The van der Waals surface area contributed by atoms with E-state index in [4.69, 9.17) is 9.47 Å². The lowest BCUT2D eigenvalue weighted by molar-refractivity contribution is 0.0932. The van der Waals surface area contributed by atoms with Crippen LogP contribution in [0.2, 0.25) is 0 Å². The van der Waals surface area contributed by atoms with Crippen LogP contribution in [0.1, 0.15) is 35.3 Å². The molecule has 4 nitrogen and oxygen atoms in total. The second-order valence-corrected chi connectivity index (χ2v) is 6.11. The summed E-state index contributed by atoms with van der Waals surface area (Å²) in [6.07, 6.45) is 0.786. The van der Waals surface area contributed by atoms with Gasteiger partial charge in [-0.25, -0.2) is 0 Å². The molecule has 0 saturated carbocycles. The molecule has 1 N–H and O–H groups in total. The number of benzene rings is 3. The maximum atomic E-state index is 12.9. The van der Waals surface area contributed by atoms with Crippen LogP contribution in [0.4, 0.5) is 0 Å². The molecule has 0 aliphatic heterocycles. The molecule has 4 heteroatoms. The van der Waals surface area contributed by atoms with Crippen molar-refractivity contribution in [2.24, 2.45) is 0 Å². The quantitative estimate of drug-likeness (QED) is 0.699. The van der Waals surface area contributed by atoms with E-state index in [-0.39, 0.29) is 11.9 Å². The molecule has 0 aliphatic rings. The highest BCUT2D eigenvalue weighted by atomic mass is 16.5. The van der Waals surface area contributed by atoms with Gasteiger partial charge in [0.2, 0.25) is 0 Å². The normalized spacial score (nSPS) is 11.8.